The zero-order valence-electron chi connectivity index (χ0n) is 13.4. The number of nitrogens with zero attached hydrogens (tertiary/aromatic N) is 3. The molecule has 23 heavy (non-hydrogen) atoms. The highest BCUT2D eigenvalue weighted by molar-refractivity contribution is 5.79. The van der Waals surface area contributed by atoms with E-state index in [-0.39, 0.29) is 11.3 Å². The average molecular weight is 314 g/mol. The fraction of sp³-hybridized carbons (Fsp3) is 0.471. The quantitative estimate of drug-likeness (QED) is 0.914. The summed E-state index contributed by atoms with van der Waals surface area (Å²) in [5.74, 6) is 0.148. The van der Waals surface area contributed by atoms with Crippen molar-refractivity contribution in [1.82, 2.24) is 20.0 Å². The van der Waals surface area contributed by atoms with E-state index in [2.05, 4.69) is 10.4 Å². The number of likely N-dealkylation sites (tertiary alicyclic amines) is 1. The number of aryl methyl sites for hydroxylation is 1. The molecule has 2 aromatic rings. The van der Waals surface area contributed by atoms with E-state index in [1.54, 1.807) is 10.7 Å². The minimum Gasteiger partial charge on any atom is -0.341 e. The molecule has 1 N–H and O–H groups in total. The molecule has 1 aliphatic heterocycles. The number of hydrogen-bond donors (Lipinski definition) is 1. The van der Waals surface area contributed by atoms with Crippen molar-refractivity contribution in [1.29, 1.82) is 0 Å². The Hall–Kier alpha value is -2.21. The topological polar surface area (TPSA) is 67.2 Å². The van der Waals surface area contributed by atoms with Crippen molar-refractivity contribution in [2.24, 2.45) is 0 Å². The lowest BCUT2D eigenvalue weighted by Gasteiger charge is -2.32. The van der Waals surface area contributed by atoms with Crippen LogP contribution in [0.3, 0.4) is 0 Å². The van der Waals surface area contributed by atoms with Gasteiger partial charge in [0.05, 0.1) is 18.3 Å². The van der Waals surface area contributed by atoms with E-state index >= 15 is 0 Å². The minimum absolute atomic E-state index is 0.0870. The highest BCUT2D eigenvalue weighted by Crippen LogP contribution is 2.12. The van der Waals surface area contributed by atoms with E-state index < -0.39 is 0 Å². The Morgan fingerprint density at radius 1 is 1.39 bits per heavy atom. The van der Waals surface area contributed by atoms with Crippen LogP contribution in [0.25, 0.3) is 10.9 Å². The molecule has 0 spiro atoms. The van der Waals surface area contributed by atoms with Gasteiger partial charge < -0.3 is 10.2 Å². The van der Waals surface area contributed by atoms with Crippen LogP contribution in [0.15, 0.2) is 35.3 Å². The first kappa shape index (κ1) is 15.7. The maximum atomic E-state index is 12.4. The first-order valence-corrected chi connectivity index (χ1v) is 8.09. The van der Waals surface area contributed by atoms with Gasteiger partial charge in [-0.25, -0.2) is 0 Å². The number of hydrogen-bond acceptors (Lipinski definition) is 4. The highest BCUT2D eigenvalue weighted by Gasteiger charge is 2.22. The molecule has 1 saturated heterocycles. The molecule has 6 nitrogen and oxygen atoms in total. The number of benzene rings is 1. The maximum Gasteiger partial charge on any atom is 0.224 e. The van der Waals surface area contributed by atoms with Gasteiger partial charge in [-0.05, 0) is 32.0 Å². The summed E-state index contributed by atoms with van der Waals surface area (Å²) in [5.41, 5.74) is 0.690. The Bertz CT molecular complexity index is 756. The third kappa shape index (κ3) is 3.42. The average Bonchev–Trinajstić information content (AvgIpc) is 2.61. The second-order valence-corrected chi connectivity index (χ2v) is 5.97. The highest BCUT2D eigenvalue weighted by atomic mass is 16.2. The van der Waals surface area contributed by atoms with Gasteiger partial charge in [-0.1, -0.05) is 12.1 Å². The zero-order valence-corrected chi connectivity index (χ0v) is 13.4. The Labute approximate surface area is 135 Å². The molecule has 0 aliphatic carbocycles. The van der Waals surface area contributed by atoms with Crippen molar-refractivity contribution >= 4 is 16.8 Å². The second kappa shape index (κ2) is 6.91. The number of amides is 1. The molecule has 2 heterocycles. The normalized spacial score (nSPS) is 18.3. The molecule has 1 unspecified atom stereocenters. The van der Waals surface area contributed by atoms with E-state index in [1.165, 1.54) is 6.20 Å². The van der Waals surface area contributed by atoms with Gasteiger partial charge in [-0.15, -0.1) is 0 Å². The monoisotopic (exact) mass is 314 g/mol. The van der Waals surface area contributed by atoms with Crippen LogP contribution < -0.4 is 10.7 Å². The maximum absolute atomic E-state index is 12.4. The first-order valence-electron chi connectivity index (χ1n) is 8.09. The summed E-state index contributed by atoms with van der Waals surface area (Å²) in [7, 11) is 1.94. The van der Waals surface area contributed by atoms with Crippen molar-refractivity contribution in [2.75, 3.05) is 20.1 Å². The van der Waals surface area contributed by atoms with Crippen molar-refractivity contribution < 1.29 is 4.79 Å². The third-order valence-corrected chi connectivity index (χ3v) is 4.48. The van der Waals surface area contributed by atoms with Crippen LogP contribution >= 0.6 is 0 Å². The first-order chi connectivity index (χ1) is 11.2. The lowest BCUT2D eigenvalue weighted by molar-refractivity contribution is -0.132. The molecule has 0 radical (unpaired) electrons. The lowest BCUT2D eigenvalue weighted by atomic mass is 10.1. The fourth-order valence-corrected chi connectivity index (χ4v) is 3.14. The van der Waals surface area contributed by atoms with Crippen molar-refractivity contribution in [3.8, 4) is 0 Å². The van der Waals surface area contributed by atoms with Gasteiger partial charge in [-0.2, -0.15) is 5.10 Å². The summed E-state index contributed by atoms with van der Waals surface area (Å²) in [6.45, 7) is 2.09. The Balaban J connectivity index is 1.70. The number of piperidine rings is 1. The van der Waals surface area contributed by atoms with Gasteiger partial charge >= 0.3 is 0 Å². The van der Waals surface area contributed by atoms with E-state index in [0.29, 0.717) is 24.4 Å². The summed E-state index contributed by atoms with van der Waals surface area (Å²) in [6, 6.07) is 7.76. The zero-order chi connectivity index (χ0) is 16.2. The molecule has 0 saturated carbocycles. The molecule has 6 heteroatoms. The van der Waals surface area contributed by atoms with Crippen LogP contribution in [-0.2, 0) is 11.3 Å². The minimum atomic E-state index is -0.0870. The van der Waals surface area contributed by atoms with Crippen LogP contribution in [0.1, 0.15) is 19.3 Å². The molecule has 3 rings (SSSR count). The van der Waals surface area contributed by atoms with E-state index in [1.807, 2.05) is 30.1 Å². The fourth-order valence-electron chi connectivity index (χ4n) is 3.14. The summed E-state index contributed by atoms with van der Waals surface area (Å²) < 4.78 is 1.74. The Morgan fingerprint density at radius 2 is 2.22 bits per heavy atom. The number of carbonyl (C=O) groups excluding carboxylic acids is 1. The standard InChI is InChI=1S/C17H22N4O2/c1-18-13-5-4-9-20(12-13)17(23)8-10-21-15-7-3-2-6-14(15)16(22)11-19-21/h2-3,6-7,11,13,18H,4-5,8-10,12H2,1H3. The Kier molecular flexibility index (Phi) is 4.71. The third-order valence-electron chi connectivity index (χ3n) is 4.48. The van der Waals surface area contributed by atoms with E-state index in [9.17, 15) is 9.59 Å². The Morgan fingerprint density at radius 3 is 3.04 bits per heavy atom. The summed E-state index contributed by atoms with van der Waals surface area (Å²) in [5, 5.41) is 8.06. The largest absolute Gasteiger partial charge is 0.341 e. The number of fused-ring (bicyclic) bond motifs is 1. The summed E-state index contributed by atoms with van der Waals surface area (Å²) in [6.07, 6.45) is 3.88. The van der Waals surface area contributed by atoms with E-state index in [4.69, 9.17) is 0 Å². The van der Waals surface area contributed by atoms with Crippen LogP contribution in [0, 0.1) is 0 Å². The molecule has 122 valence electrons. The number of likely N-dealkylation sites (N-methyl/N-ethyl adjacent to an activating group) is 1. The molecule has 0 bridgehead atoms. The summed E-state index contributed by atoms with van der Waals surface area (Å²) >= 11 is 0. The van der Waals surface area contributed by atoms with Crippen LogP contribution in [0.5, 0.6) is 0 Å². The predicted octanol–water partition coefficient (Wildman–Crippen LogP) is 0.997. The second-order valence-electron chi connectivity index (χ2n) is 5.97. The SMILES string of the molecule is CNC1CCCN(C(=O)CCn2ncc(=O)c3ccccc32)C1. The molecule has 1 fully saturated rings. The van der Waals surface area contributed by atoms with Gasteiger partial charge in [0, 0.05) is 30.9 Å². The van der Waals surface area contributed by atoms with Gasteiger partial charge in [0.2, 0.25) is 11.3 Å². The summed E-state index contributed by atoms with van der Waals surface area (Å²) in [4.78, 5) is 26.2. The van der Waals surface area contributed by atoms with Crippen LogP contribution in [0.4, 0.5) is 0 Å². The number of rotatable bonds is 4. The van der Waals surface area contributed by atoms with Crippen molar-refractivity contribution in [3.63, 3.8) is 0 Å². The molecular formula is C17H22N4O2. The van der Waals surface area contributed by atoms with Gasteiger partial charge in [-0.3, -0.25) is 14.3 Å². The van der Waals surface area contributed by atoms with Crippen molar-refractivity contribution in [3.05, 3.63) is 40.7 Å². The molecular weight excluding hydrogens is 292 g/mol. The number of nitrogens with one attached hydrogen (secondary N) is 1. The van der Waals surface area contributed by atoms with Crippen LogP contribution in [0.2, 0.25) is 0 Å². The molecule has 1 amide bonds. The number of para-hydroxylation sites is 1. The smallest absolute Gasteiger partial charge is 0.224 e. The predicted molar refractivity (Wildman–Crippen MR) is 89.3 cm³/mol. The number of carbonyl (C=O) groups is 1. The molecule has 1 aromatic carbocycles. The molecule has 1 aromatic heterocycles. The van der Waals surface area contributed by atoms with Crippen LogP contribution in [-0.4, -0.2) is 46.8 Å². The van der Waals surface area contributed by atoms with Gasteiger partial charge in [0.15, 0.2) is 0 Å². The van der Waals surface area contributed by atoms with Crippen molar-refractivity contribution in [2.45, 2.75) is 31.8 Å². The molecule has 1 atom stereocenters. The molecule has 1 aliphatic rings. The number of aromatic nitrogens is 2. The lowest BCUT2D eigenvalue weighted by Crippen LogP contribution is -2.47. The van der Waals surface area contributed by atoms with Gasteiger partial charge in [0.1, 0.15) is 0 Å². The van der Waals surface area contributed by atoms with Gasteiger partial charge in [0.25, 0.3) is 0 Å². The van der Waals surface area contributed by atoms with E-state index in [0.717, 1.165) is 31.4 Å².